The molecule has 1 aromatic heterocycles. The van der Waals surface area contributed by atoms with Crippen LogP contribution in [0.3, 0.4) is 0 Å². The molecule has 7 heteroatoms. The Hall–Kier alpha value is -2.05. The molecule has 1 aliphatic heterocycles. The molecule has 1 aromatic carbocycles. The molecule has 1 aliphatic rings. The average Bonchev–Trinajstić information content (AvgIpc) is 3.15. The smallest absolute Gasteiger partial charge is 0.289 e. The van der Waals surface area contributed by atoms with Crippen LogP contribution in [0.4, 0.5) is 4.39 Å². The third kappa shape index (κ3) is 5.97. The maximum absolute atomic E-state index is 12.9. The van der Waals surface area contributed by atoms with Crippen molar-refractivity contribution in [2.45, 2.75) is 26.4 Å². The molecule has 0 aliphatic carbocycles. The predicted octanol–water partition coefficient (Wildman–Crippen LogP) is 3.88. The Balaban J connectivity index is 0.00000261. The quantitative estimate of drug-likeness (QED) is 0.771. The summed E-state index contributed by atoms with van der Waals surface area (Å²) < 4.78 is 24.1. The summed E-state index contributed by atoms with van der Waals surface area (Å²) in [7, 11) is 0. The number of hydrogen-bond donors (Lipinski definition) is 1. The summed E-state index contributed by atoms with van der Waals surface area (Å²) in [6.07, 6.45) is 2.03. The third-order valence-corrected chi connectivity index (χ3v) is 4.65. The third-order valence-electron chi connectivity index (χ3n) is 4.65. The zero-order chi connectivity index (χ0) is 18.4. The van der Waals surface area contributed by atoms with Gasteiger partial charge in [0.05, 0.1) is 0 Å². The van der Waals surface area contributed by atoms with E-state index in [4.69, 9.17) is 9.15 Å². The van der Waals surface area contributed by atoms with Crippen LogP contribution in [0.15, 0.2) is 40.8 Å². The standard InChI is InChI=1S/C20H25FN2O3.ClH/c1-2-22-13-15-9-11-23(12-10-15)20(24)19-8-7-18(26-19)14-25-17-5-3-16(21)4-6-17;/h3-8,15,22H,2,9-14H2,1H3;1H. The van der Waals surface area contributed by atoms with Gasteiger partial charge in [0.15, 0.2) is 5.76 Å². The van der Waals surface area contributed by atoms with Crippen LogP contribution in [0.1, 0.15) is 36.1 Å². The van der Waals surface area contributed by atoms with Crippen LogP contribution in [-0.4, -0.2) is 37.0 Å². The molecule has 3 rings (SSSR count). The molecule has 0 atom stereocenters. The number of halogens is 2. The summed E-state index contributed by atoms with van der Waals surface area (Å²) in [5, 5.41) is 3.37. The van der Waals surface area contributed by atoms with Crippen molar-refractivity contribution in [2.75, 3.05) is 26.2 Å². The van der Waals surface area contributed by atoms with E-state index >= 15 is 0 Å². The Morgan fingerprint density at radius 2 is 1.93 bits per heavy atom. The van der Waals surface area contributed by atoms with Gasteiger partial charge < -0.3 is 19.4 Å². The Kier molecular flexibility index (Phi) is 8.13. The Bertz CT molecular complexity index is 712. The van der Waals surface area contributed by atoms with Crippen molar-refractivity contribution in [3.05, 3.63) is 53.7 Å². The van der Waals surface area contributed by atoms with Gasteiger partial charge >= 0.3 is 0 Å². The number of amides is 1. The number of ether oxygens (including phenoxy) is 1. The van der Waals surface area contributed by atoms with Crippen molar-refractivity contribution >= 4 is 18.3 Å². The van der Waals surface area contributed by atoms with Crippen molar-refractivity contribution in [1.29, 1.82) is 0 Å². The molecule has 1 N–H and O–H groups in total. The molecule has 1 amide bonds. The number of carbonyl (C=O) groups excluding carboxylic acids is 1. The minimum Gasteiger partial charge on any atom is -0.486 e. The predicted molar refractivity (Wildman–Crippen MR) is 104 cm³/mol. The van der Waals surface area contributed by atoms with Crippen molar-refractivity contribution < 1.29 is 18.3 Å². The van der Waals surface area contributed by atoms with E-state index in [1.54, 1.807) is 24.3 Å². The lowest BCUT2D eigenvalue weighted by Crippen LogP contribution is -2.40. The monoisotopic (exact) mass is 396 g/mol. The number of furan rings is 1. The molecule has 0 bridgehead atoms. The summed E-state index contributed by atoms with van der Waals surface area (Å²) in [6, 6.07) is 9.23. The highest BCUT2D eigenvalue weighted by Crippen LogP contribution is 2.20. The van der Waals surface area contributed by atoms with E-state index in [0.29, 0.717) is 23.2 Å². The Morgan fingerprint density at radius 3 is 2.59 bits per heavy atom. The highest BCUT2D eigenvalue weighted by atomic mass is 35.5. The fourth-order valence-corrected chi connectivity index (χ4v) is 3.10. The van der Waals surface area contributed by atoms with Gasteiger partial charge in [-0.2, -0.15) is 0 Å². The van der Waals surface area contributed by atoms with Crippen molar-refractivity contribution in [3.63, 3.8) is 0 Å². The number of hydrogen-bond acceptors (Lipinski definition) is 4. The minimum atomic E-state index is -0.308. The fourth-order valence-electron chi connectivity index (χ4n) is 3.10. The van der Waals surface area contributed by atoms with E-state index in [9.17, 15) is 9.18 Å². The lowest BCUT2D eigenvalue weighted by atomic mass is 9.96. The van der Waals surface area contributed by atoms with Crippen LogP contribution < -0.4 is 10.1 Å². The zero-order valence-corrected chi connectivity index (χ0v) is 16.3. The molecule has 2 aromatic rings. The molecule has 0 spiro atoms. The second-order valence-electron chi connectivity index (χ2n) is 6.55. The number of carbonyl (C=O) groups is 1. The number of nitrogens with one attached hydrogen (secondary N) is 1. The molecule has 0 radical (unpaired) electrons. The van der Waals surface area contributed by atoms with Crippen molar-refractivity contribution in [2.24, 2.45) is 5.92 Å². The number of rotatable bonds is 7. The van der Waals surface area contributed by atoms with Crippen LogP contribution in [0.25, 0.3) is 0 Å². The molecule has 148 valence electrons. The van der Waals surface area contributed by atoms with E-state index in [1.807, 2.05) is 4.90 Å². The highest BCUT2D eigenvalue weighted by molar-refractivity contribution is 5.91. The second kappa shape index (κ2) is 10.3. The van der Waals surface area contributed by atoms with Gasteiger partial charge in [-0.1, -0.05) is 6.92 Å². The number of likely N-dealkylation sites (tertiary alicyclic amines) is 1. The SMILES string of the molecule is CCNCC1CCN(C(=O)c2ccc(COc3ccc(F)cc3)o2)CC1.Cl. The summed E-state index contributed by atoms with van der Waals surface area (Å²) in [5.74, 6) is 1.72. The van der Waals surface area contributed by atoms with Gasteiger partial charge in [0.25, 0.3) is 5.91 Å². The summed E-state index contributed by atoms with van der Waals surface area (Å²) in [5.41, 5.74) is 0. The summed E-state index contributed by atoms with van der Waals surface area (Å²) >= 11 is 0. The first-order valence-electron chi connectivity index (χ1n) is 9.12. The maximum atomic E-state index is 12.9. The van der Waals surface area contributed by atoms with E-state index < -0.39 is 0 Å². The summed E-state index contributed by atoms with van der Waals surface area (Å²) in [6.45, 7) is 5.82. The minimum absolute atomic E-state index is 0. The first-order valence-corrected chi connectivity index (χ1v) is 9.12. The van der Waals surface area contributed by atoms with Gasteiger partial charge in [-0.05, 0) is 68.2 Å². The van der Waals surface area contributed by atoms with Crippen molar-refractivity contribution in [1.82, 2.24) is 10.2 Å². The average molecular weight is 397 g/mol. The molecule has 0 saturated carbocycles. The zero-order valence-electron chi connectivity index (χ0n) is 15.4. The van der Waals surface area contributed by atoms with E-state index in [1.165, 1.54) is 12.1 Å². The highest BCUT2D eigenvalue weighted by Gasteiger charge is 2.25. The van der Waals surface area contributed by atoms with Crippen LogP contribution in [-0.2, 0) is 6.61 Å². The van der Waals surface area contributed by atoms with Crippen LogP contribution in [0, 0.1) is 11.7 Å². The summed E-state index contributed by atoms with van der Waals surface area (Å²) in [4.78, 5) is 14.4. The van der Waals surface area contributed by atoms with E-state index in [2.05, 4.69) is 12.2 Å². The molecular formula is C20H26ClFN2O3. The first kappa shape index (κ1) is 21.3. The number of piperidine rings is 1. The molecule has 1 saturated heterocycles. The van der Waals surface area contributed by atoms with Gasteiger partial charge in [0.1, 0.15) is 23.9 Å². The van der Waals surface area contributed by atoms with Gasteiger partial charge in [-0.15, -0.1) is 12.4 Å². The van der Waals surface area contributed by atoms with Gasteiger partial charge in [-0.3, -0.25) is 4.79 Å². The molecule has 27 heavy (non-hydrogen) atoms. The second-order valence-corrected chi connectivity index (χ2v) is 6.55. The van der Waals surface area contributed by atoms with E-state index in [0.717, 1.165) is 39.0 Å². The maximum Gasteiger partial charge on any atom is 0.289 e. The fraction of sp³-hybridized carbons (Fsp3) is 0.450. The van der Waals surface area contributed by atoms with E-state index in [-0.39, 0.29) is 30.7 Å². The van der Waals surface area contributed by atoms with Crippen molar-refractivity contribution in [3.8, 4) is 5.75 Å². The molecule has 0 unspecified atom stereocenters. The molecular weight excluding hydrogens is 371 g/mol. The van der Waals surface area contributed by atoms with Crippen LogP contribution >= 0.6 is 12.4 Å². The van der Waals surface area contributed by atoms with Crippen LogP contribution in [0.2, 0.25) is 0 Å². The topological polar surface area (TPSA) is 54.7 Å². The largest absolute Gasteiger partial charge is 0.486 e. The Labute approximate surface area is 165 Å². The molecule has 2 heterocycles. The normalized spacial score (nSPS) is 14.7. The molecule has 1 fully saturated rings. The number of benzene rings is 1. The number of nitrogens with zero attached hydrogens (tertiary/aromatic N) is 1. The Morgan fingerprint density at radius 1 is 1.22 bits per heavy atom. The lowest BCUT2D eigenvalue weighted by molar-refractivity contribution is 0.0654. The van der Waals surface area contributed by atoms with Gasteiger partial charge in [-0.25, -0.2) is 4.39 Å². The first-order chi connectivity index (χ1) is 12.7. The molecule has 5 nitrogen and oxygen atoms in total. The lowest BCUT2D eigenvalue weighted by Gasteiger charge is -2.31. The van der Waals surface area contributed by atoms with Crippen LogP contribution in [0.5, 0.6) is 5.75 Å². The van der Waals surface area contributed by atoms with Gasteiger partial charge in [0.2, 0.25) is 0 Å². The van der Waals surface area contributed by atoms with Gasteiger partial charge in [0, 0.05) is 13.1 Å².